The van der Waals surface area contributed by atoms with Crippen molar-refractivity contribution in [2.75, 3.05) is 13.1 Å². The van der Waals surface area contributed by atoms with E-state index in [9.17, 15) is 0 Å². The van der Waals surface area contributed by atoms with E-state index in [0.717, 1.165) is 25.4 Å². The number of nitrogens with two attached hydrogens (primary N) is 1. The van der Waals surface area contributed by atoms with Gasteiger partial charge in [0.15, 0.2) is 0 Å². The minimum Gasteiger partial charge on any atom is -0.327 e. The predicted octanol–water partition coefficient (Wildman–Crippen LogP) is 1.61. The third kappa shape index (κ3) is 8.02. The van der Waals surface area contributed by atoms with Crippen LogP contribution in [0.15, 0.2) is 0 Å². The molecule has 0 aliphatic carbocycles. The fourth-order valence-electron chi connectivity index (χ4n) is 1.25. The lowest BCUT2D eigenvalue weighted by atomic mass is 10.0. The Morgan fingerprint density at radius 1 is 1.00 bits per heavy atom. The molecule has 0 rings (SSSR count). The zero-order valence-corrected chi connectivity index (χ0v) is 8.93. The quantitative estimate of drug-likeness (QED) is 0.639. The summed E-state index contributed by atoms with van der Waals surface area (Å²) < 4.78 is 0. The predicted molar refractivity (Wildman–Crippen MR) is 55.1 cm³/mol. The summed E-state index contributed by atoms with van der Waals surface area (Å²) in [5, 5.41) is 3.36. The summed E-state index contributed by atoms with van der Waals surface area (Å²) in [7, 11) is 0. The van der Waals surface area contributed by atoms with Crippen molar-refractivity contribution in [1.29, 1.82) is 0 Å². The molecule has 0 spiro atoms. The van der Waals surface area contributed by atoms with E-state index in [0.29, 0.717) is 12.0 Å². The minimum atomic E-state index is 0.323. The van der Waals surface area contributed by atoms with Crippen molar-refractivity contribution in [3.05, 3.63) is 0 Å². The first-order chi connectivity index (χ1) is 5.52. The lowest BCUT2D eigenvalue weighted by Crippen LogP contribution is -2.36. The summed E-state index contributed by atoms with van der Waals surface area (Å²) >= 11 is 0. The highest BCUT2D eigenvalue weighted by molar-refractivity contribution is 4.66. The molecule has 2 heteroatoms. The molecule has 74 valence electrons. The van der Waals surface area contributed by atoms with Crippen LogP contribution in [0.1, 0.15) is 34.1 Å². The normalized spacial score (nSPS) is 14.2. The van der Waals surface area contributed by atoms with E-state index in [1.807, 2.05) is 0 Å². The van der Waals surface area contributed by atoms with E-state index in [1.165, 1.54) is 0 Å². The molecule has 0 fully saturated rings. The van der Waals surface area contributed by atoms with Gasteiger partial charge in [-0.1, -0.05) is 27.7 Å². The molecule has 0 bridgehead atoms. The van der Waals surface area contributed by atoms with E-state index >= 15 is 0 Å². The van der Waals surface area contributed by atoms with Crippen molar-refractivity contribution in [3.63, 3.8) is 0 Å². The molecule has 0 saturated heterocycles. The first-order valence-corrected chi connectivity index (χ1v) is 4.98. The van der Waals surface area contributed by atoms with Gasteiger partial charge in [0.1, 0.15) is 0 Å². The lowest BCUT2D eigenvalue weighted by molar-refractivity contribution is 0.450. The van der Waals surface area contributed by atoms with Gasteiger partial charge in [-0.05, 0) is 24.8 Å². The van der Waals surface area contributed by atoms with Crippen molar-refractivity contribution in [1.82, 2.24) is 5.32 Å². The Balaban J connectivity index is 3.25. The van der Waals surface area contributed by atoms with Crippen molar-refractivity contribution in [3.8, 4) is 0 Å². The fraction of sp³-hybridized carbons (Fsp3) is 1.00. The summed E-state index contributed by atoms with van der Waals surface area (Å²) in [6, 6.07) is 0.323. The average molecular weight is 172 g/mol. The Kier molecular flexibility index (Phi) is 6.39. The second-order valence-electron chi connectivity index (χ2n) is 4.44. The van der Waals surface area contributed by atoms with Crippen molar-refractivity contribution in [2.24, 2.45) is 17.6 Å². The molecule has 0 radical (unpaired) electrons. The third-order valence-corrected chi connectivity index (χ3v) is 1.73. The molecule has 0 aromatic heterocycles. The Hall–Kier alpha value is -0.0800. The molecule has 0 aromatic carbocycles. The van der Waals surface area contributed by atoms with Crippen LogP contribution in [0.3, 0.4) is 0 Å². The van der Waals surface area contributed by atoms with E-state index in [2.05, 4.69) is 33.0 Å². The maximum atomic E-state index is 5.90. The second-order valence-corrected chi connectivity index (χ2v) is 4.44. The maximum Gasteiger partial charge on any atom is 0.0167 e. The van der Waals surface area contributed by atoms with Crippen LogP contribution in [0, 0.1) is 11.8 Å². The van der Waals surface area contributed by atoms with Gasteiger partial charge in [-0.2, -0.15) is 0 Å². The largest absolute Gasteiger partial charge is 0.327 e. The molecule has 3 N–H and O–H groups in total. The number of hydrogen-bond donors (Lipinski definition) is 2. The summed E-state index contributed by atoms with van der Waals surface area (Å²) in [5.41, 5.74) is 5.90. The van der Waals surface area contributed by atoms with Crippen LogP contribution in [0.5, 0.6) is 0 Å². The number of rotatable bonds is 6. The Morgan fingerprint density at radius 2 is 1.58 bits per heavy atom. The molecule has 0 saturated carbocycles. The van der Waals surface area contributed by atoms with Crippen LogP contribution in [0.25, 0.3) is 0 Å². The molecule has 12 heavy (non-hydrogen) atoms. The summed E-state index contributed by atoms with van der Waals surface area (Å²) in [5.74, 6) is 1.43. The highest BCUT2D eigenvalue weighted by Gasteiger charge is 2.04. The van der Waals surface area contributed by atoms with Gasteiger partial charge in [0.2, 0.25) is 0 Å². The van der Waals surface area contributed by atoms with Crippen LogP contribution < -0.4 is 11.1 Å². The first kappa shape index (κ1) is 11.9. The van der Waals surface area contributed by atoms with E-state index in [1.54, 1.807) is 0 Å². The fourth-order valence-corrected chi connectivity index (χ4v) is 1.25. The maximum absolute atomic E-state index is 5.90. The molecule has 0 aliphatic heterocycles. The van der Waals surface area contributed by atoms with E-state index in [-0.39, 0.29) is 0 Å². The topological polar surface area (TPSA) is 38.0 Å². The third-order valence-electron chi connectivity index (χ3n) is 1.73. The van der Waals surface area contributed by atoms with Crippen LogP contribution >= 0.6 is 0 Å². The van der Waals surface area contributed by atoms with Gasteiger partial charge in [0.25, 0.3) is 0 Å². The highest BCUT2D eigenvalue weighted by atomic mass is 14.9. The molecule has 1 atom stereocenters. The SMILES string of the molecule is CC(C)CNC[C@H](N)CC(C)C. The molecule has 0 heterocycles. The van der Waals surface area contributed by atoms with Crippen LogP contribution in [0.4, 0.5) is 0 Å². The van der Waals surface area contributed by atoms with Gasteiger partial charge in [-0.25, -0.2) is 0 Å². The van der Waals surface area contributed by atoms with Gasteiger partial charge >= 0.3 is 0 Å². The average Bonchev–Trinajstić information content (AvgIpc) is 1.84. The van der Waals surface area contributed by atoms with Crippen LogP contribution in [-0.2, 0) is 0 Å². The number of nitrogens with one attached hydrogen (secondary N) is 1. The monoisotopic (exact) mass is 172 g/mol. The van der Waals surface area contributed by atoms with Gasteiger partial charge in [0.05, 0.1) is 0 Å². The highest BCUT2D eigenvalue weighted by Crippen LogP contribution is 2.01. The van der Waals surface area contributed by atoms with Crippen LogP contribution in [-0.4, -0.2) is 19.1 Å². The summed E-state index contributed by atoms with van der Waals surface area (Å²) in [6.07, 6.45) is 1.12. The molecule has 0 unspecified atom stereocenters. The Morgan fingerprint density at radius 3 is 2.00 bits per heavy atom. The molecule has 0 amide bonds. The van der Waals surface area contributed by atoms with E-state index < -0.39 is 0 Å². The molecule has 0 aliphatic rings. The zero-order chi connectivity index (χ0) is 9.56. The van der Waals surface area contributed by atoms with Crippen LogP contribution in [0.2, 0.25) is 0 Å². The van der Waals surface area contributed by atoms with Crippen molar-refractivity contribution >= 4 is 0 Å². The summed E-state index contributed by atoms with van der Waals surface area (Å²) in [4.78, 5) is 0. The first-order valence-electron chi connectivity index (χ1n) is 4.98. The lowest BCUT2D eigenvalue weighted by Gasteiger charge is -2.15. The second kappa shape index (κ2) is 6.44. The van der Waals surface area contributed by atoms with Gasteiger partial charge in [-0.15, -0.1) is 0 Å². The Bertz CT molecular complexity index is 100. The minimum absolute atomic E-state index is 0.323. The molecular formula is C10H24N2. The van der Waals surface area contributed by atoms with Gasteiger partial charge in [0, 0.05) is 12.6 Å². The zero-order valence-electron chi connectivity index (χ0n) is 8.93. The Labute approximate surface area is 76.9 Å². The van der Waals surface area contributed by atoms with Gasteiger partial charge in [-0.3, -0.25) is 0 Å². The smallest absolute Gasteiger partial charge is 0.0167 e. The van der Waals surface area contributed by atoms with Gasteiger partial charge < -0.3 is 11.1 Å². The number of hydrogen-bond acceptors (Lipinski definition) is 2. The van der Waals surface area contributed by atoms with E-state index in [4.69, 9.17) is 5.73 Å². The van der Waals surface area contributed by atoms with Crippen molar-refractivity contribution < 1.29 is 0 Å². The molecular weight excluding hydrogens is 148 g/mol. The molecule has 0 aromatic rings. The van der Waals surface area contributed by atoms with Crippen molar-refractivity contribution in [2.45, 2.75) is 40.2 Å². The summed E-state index contributed by atoms with van der Waals surface area (Å²) in [6.45, 7) is 10.9. The molecule has 2 nitrogen and oxygen atoms in total. The standard InChI is InChI=1S/C10H24N2/c1-8(2)5-10(11)7-12-6-9(3)4/h8-10,12H,5-7,11H2,1-4H3/t10-/m1/s1.